The van der Waals surface area contributed by atoms with E-state index < -0.39 is 0 Å². The Morgan fingerprint density at radius 2 is 2.11 bits per heavy atom. The molecule has 0 saturated heterocycles. The van der Waals surface area contributed by atoms with E-state index in [1.165, 1.54) is 6.07 Å². The maximum Gasteiger partial charge on any atom is 0.234 e. The van der Waals surface area contributed by atoms with Gasteiger partial charge < -0.3 is 0 Å². The number of rotatable bonds is 1. The maximum absolute atomic E-state index is 13.8. The van der Waals surface area contributed by atoms with Gasteiger partial charge in [0.25, 0.3) is 0 Å². The Morgan fingerprint density at radius 1 is 1.28 bits per heavy atom. The average molecular weight is 373 g/mol. The van der Waals surface area contributed by atoms with Crippen LogP contribution in [0.2, 0.25) is 0 Å². The van der Waals surface area contributed by atoms with E-state index >= 15 is 0 Å². The second-order valence-electron chi connectivity index (χ2n) is 3.58. The van der Waals surface area contributed by atoms with Gasteiger partial charge in [-0.25, -0.2) is 14.4 Å². The SMILES string of the molecule is Br.Fc1cc(Br)ccc1-c1cn2cccnc2n1. The molecule has 18 heavy (non-hydrogen) atoms. The van der Waals surface area contributed by atoms with Crippen LogP contribution in [0, 0.1) is 5.82 Å². The molecule has 0 spiro atoms. The van der Waals surface area contributed by atoms with E-state index in [4.69, 9.17) is 0 Å². The Kier molecular flexibility index (Phi) is 3.77. The highest BCUT2D eigenvalue weighted by Crippen LogP contribution is 2.24. The number of halogens is 3. The summed E-state index contributed by atoms with van der Waals surface area (Å²) in [5.41, 5.74) is 1.05. The molecule has 0 unspecified atom stereocenters. The first-order chi connectivity index (χ1) is 8.24. The second-order valence-corrected chi connectivity index (χ2v) is 4.49. The number of hydrogen-bond acceptors (Lipinski definition) is 2. The van der Waals surface area contributed by atoms with Gasteiger partial charge in [-0.3, -0.25) is 4.40 Å². The van der Waals surface area contributed by atoms with E-state index in [1.807, 2.05) is 6.20 Å². The quantitative estimate of drug-likeness (QED) is 0.648. The Bertz CT molecular complexity index is 664. The number of benzene rings is 1. The normalized spacial score (nSPS) is 10.3. The first kappa shape index (κ1) is 13.2. The molecule has 0 fully saturated rings. The summed E-state index contributed by atoms with van der Waals surface area (Å²) in [5, 5.41) is 0. The molecule has 0 atom stereocenters. The van der Waals surface area contributed by atoms with Crippen molar-refractivity contribution < 1.29 is 4.39 Å². The van der Waals surface area contributed by atoms with Crippen LogP contribution in [0.1, 0.15) is 0 Å². The van der Waals surface area contributed by atoms with Gasteiger partial charge in [-0.1, -0.05) is 15.9 Å². The molecule has 0 saturated carbocycles. The number of nitrogens with zero attached hydrogens (tertiary/aromatic N) is 3. The zero-order valence-corrected chi connectivity index (χ0v) is 12.3. The molecule has 2 heterocycles. The summed E-state index contributed by atoms with van der Waals surface area (Å²) >= 11 is 3.23. The predicted molar refractivity (Wildman–Crippen MR) is 76.4 cm³/mol. The Labute approximate surface area is 122 Å². The van der Waals surface area contributed by atoms with E-state index in [9.17, 15) is 4.39 Å². The summed E-state index contributed by atoms with van der Waals surface area (Å²) in [5.74, 6) is 0.257. The van der Waals surface area contributed by atoms with Crippen LogP contribution in [-0.2, 0) is 0 Å². The highest BCUT2D eigenvalue weighted by atomic mass is 79.9. The summed E-state index contributed by atoms with van der Waals surface area (Å²) in [7, 11) is 0. The minimum atomic E-state index is -0.303. The van der Waals surface area contributed by atoms with Crippen molar-refractivity contribution in [2.45, 2.75) is 0 Å². The van der Waals surface area contributed by atoms with Gasteiger partial charge in [0.15, 0.2) is 0 Å². The first-order valence-electron chi connectivity index (χ1n) is 4.99. The van der Waals surface area contributed by atoms with E-state index in [2.05, 4.69) is 25.9 Å². The molecule has 3 rings (SSSR count). The van der Waals surface area contributed by atoms with Gasteiger partial charge in [0.2, 0.25) is 5.78 Å². The van der Waals surface area contributed by atoms with Gasteiger partial charge in [-0.15, -0.1) is 17.0 Å². The van der Waals surface area contributed by atoms with E-state index in [0.717, 1.165) is 0 Å². The Morgan fingerprint density at radius 3 is 2.83 bits per heavy atom. The van der Waals surface area contributed by atoms with Crippen LogP contribution in [0.5, 0.6) is 0 Å². The summed E-state index contributed by atoms with van der Waals surface area (Å²) in [6.45, 7) is 0. The van der Waals surface area contributed by atoms with Gasteiger partial charge in [0, 0.05) is 28.6 Å². The smallest absolute Gasteiger partial charge is 0.234 e. The predicted octanol–water partition coefficient (Wildman–Crippen LogP) is 3.88. The van der Waals surface area contributed by atoms with Crippen molar-refractivity contribution in [2.24, 2.45) is 0 Å². The van der Waals surface area contributed by atoms with Crippen LogP contribution in [0.15, 0.2) is 47.3 Å². The third-order valence-corrected chi connectivity index (χ3v) is 2.94. The Hall–Kier alpha value is -1.27. The van der Waals surface area contributed by atoms with Crippen molar-refractivity contribution in [2.75, 3.05) is 0 Å². The largest absolute Gasteiger partial charge is 0.291 e. The molecule has 0 radical (unpaired) electrons. The number of hydrogen-bond donors (Lipinski definition) is 0. The molecule has 0 aliphatic carbocycles. The lowest BCUT2D eigenvalue weighted by molar-refractivity contribution is 0.630. The minimum Gasteiger partial charge on any atom is -0.291 e. The number of imidazole rings is 1. The molecule has 1 aromatic carbocycles. The lowest BCUT2D eigenvalue weighted by Crippen LogP contribution is -1.84. The van der Waals surface area contributed by atoms with Crippen molar-refractivity contribution in [1.29, 1.82) is 0 Å². The van der Waals surface area contributed by atoms with Crippen LogP contribution in [0.3, 0.4) is 0 Å². The first-order valence-corrected chi connectivity index (χ1v) is 5.78. The van der Waals surface area contributed by atoms with Crippen molar-refractivity contribution in [3.63, 3.8) is 0 Å². The fourth-order valence-corrected chi connectivity index (χ4v) is 1.99. The minimum absolute atomic E-state index is 0. The fraction of sp³-hybridized carbons (Fsp3) is 0. The molecule has 0 N–H and O–H groups in total. The standard InChI is InChI=1S/C12H7BrFN3.BrH/c13-8-2-3-9(10(14)6-8)11-7-17-5-1-4-15-12(17)16-11;/h1-7H;1H. The summed E-state index contributed by atoms with van der Waals surface area (Å²) in [4.78, 5) is 8.36. The van der Waals surface area contributed by atoms with Crippen LogP contribution in [0.4, 0.5) is 4.39 Å². The van der Waals surface area contributed by atoms with Gasteiger partial charge >= 0.3 is 0 Å². The molecule has 3 nitrogen and oxygen atoms in total. The molecule has 3 aromatic rings. The van der Waals surface area contributed by atoms with Gasteiger partial charge in [0.1, 0.15) is 5.82 Å². The van der Waals surface area contributed by atoms with E-state index in [0.29, 0.717) is 21.5 Å². The second kappa shape index (κ2) is 5.16. The Balaban J connectivity index is 0.00000120. The highest BCUT2D eigenvalue weighted by molar-refractivity contribution is 9.10. The van der Waals surface area contributed by atoms with Crippen LogP contribution in [0.25, 0.3) is 17.0 Å². The van der Waals surface area contributed by atoms with Gasteiger partial charge in [-0.05, 0) is 24.3 Å². The summed E-state index contributed by atoms with van der Waals surface area (Å²) in [6.07, 6.45) is 5.24. The molecule has 92 valence electrons. The highest BCUT2D eigenvalue weighted by Gasteiger charge is 2.09. The summed E-state index contributed by atoms with van der Waals surface area (Å²) < 4.78 is 16.2. The van der Waals surface area contributed by atoms with Crippen molar-refractivity contribution >= 4 is 38.7 Å². The third-order valence-electron chi connectivity index (χ3n) is 2.44. The topological polar surface area (TPSA) is 30.2 Å². The maximum atomic E-state index is 13.8. The van der Waals surface area contributed by atoms with Gasteiger partial charge in [-0.2, -0.15) is 0 Å². The fourth-order valence-electron chi connectivity index (χ4n) is 1.66. The average Bonchev–Trinajstić information content (AvgIpc) is 2.72. The van der Waals surface area contributed by atoms with E-state index in [-0.39, 0.29) is 22.8 Å². The third kappa shape index (κ3) is 2.30. The van der Waals surface area contributed by atoms with E-state index in [1.54, 1.807) is 35.0 Å². The molecule has 6 heteroatoms. The molecule has 0 bridgehead atoms. The lowest BCUT2D eigenvalue weighted by atomic mass is 10.1. The van der Waals surface area contributed by atoms with Crippen molar-refractivity contribution in [1.82, 2.24) is 14.4 Å². The zero-order chi connectivity index (χ0) is 11.8. The lowest BCUT2D eigenvalue weighted by Gasteiger charge is -1.98. The van der Waals surface area contributed by atoms with Crippen LogP contribution in [-0.4, -0.2) is 14.4 Å². The van der Waals surface area contributed by atoms with Crippen molar-refractivity contribution in [3.05, 3.63) is 53.1 Å². The van der Waals surface area contributed by atoms with Crippen molar-refractivity contribution in [3.8, 4) is 11.3 Å². The summed E-state index contributed by atoms with van der Waals surface area (Å²) in [6, 6.07) is 6.71. The molecule has 0 amide bonds. The van der Waals surface area contributed by atoms with Crippen LogP contribution >= 0.6 is 32.9 Å². The number of aromatic nitrogens is 3. The molecule has 0 aliphatic heterocycles. The molecule has 0 aliphatic rings. The zero-order valence-electron chi connectivity index (χ0n) is 9.05. The van der Waals surface area contributed by atoms with Gasteiger partial charge in [0.05, 0.1) is 5.69 Å². The molecule has 2 aromatic heterocycles. The van der Waals surface area contributed by atoms with Crippen LogP contribution < -0.4 is 0 Å². The monoisotopic (exact) mass is 371 g/mol. The number of fused-ring (bicyclic) bond motifs is 1. The molecular weight excluding hydrogens is 365 g/mol. The molecular formula is C12H8Br2FN3.